The SMILES string of the molecule is CC.CC(=O)c1cccc(OC2CCCN(C(=O)c3ccccc3-n3nccn3)C2)c1. The molecule has 1 saturated heterocycles. The molecule has 31 heavy (non-hydrogen) atoms. The predicted molar refractivity (Wildman–Crippen MR) is 119 cm³/mol. The number of carbonyl (C=O) groups is 2. The predicted octanol–water partition coefficient (Wildman–Crippen LogP) is 4.18. The minimum Gasteiger partial charge on any atom is -0.489 e. The van der Waals surface area contributed by atoms with Crippen LogP contribution in [0.1, 0.15) is 54.3 Å². The Balaban J connectivity index is 0.00000132. The van der Waals surface area contributed by atoms with E-state index in [1.165, 1.54) is 11.7 Å². The number of hydrogen-bond donors (Lipinski definition) is 0. The number of carbonyl (C=O) groups excluding carboxylic acids is 2. The van der Waals surface area contributed by atoms with Crippen LogP contribution in [0.3, 0.4) is 0 Å². The van der Waals surface area contributed by atoms with E-state index in [-0.39, 0.29) is 17.8 Å². The van der Waals surface area contributed by atoms with Gasteiger partial charge in [0, 0.05) is 12.1 Å². The topological polar surface area (TPSA) is 77.3 Å². The van der Waals surface area contributed by atoms with Crippen LogP contribution in [0.15, 0.2) is 60.9 Å². The summed E-state index contributed by atoms with van der Waals surface area (Å²) < 4.78 is 6.09. The second-order valence-corrected chi connectivity index (χ2v) is 7.05. The molecule has 2 heterocycles. The van der Waals surface area contributed by atoms with Gasteiger partial charge in [-0.2, -0.15) is 15.0 Å². The lowest BCUT2D eigenvalue weighted by Gasteiger charge is -2.33. The van der Waals surface area contributed by atoms with E-state index in [1.807, 2.05) is 49.1 Å². The molecule has 1 aliphatic rings. The number of benzene rings is 2. The molecule has 0 N–H and O–H groups in total. The fourth-order valence-electron chi connectivity index (χ4n) is 3.54. The summed E-state index contributed by atoms with van der Waals surface area (Å²) in [5.74, 6) is 0.585. The highest BCUT2D eigenvalue weighted by Crippen LogP contribution is 2.22. The van der Waals surface area contributed by atoms with Crippen molar-refractivity contribution in [2.24, 2.45) is 0 Å². The average Bonchev–Trinajstić information content (AvgIpc) is 3.35. The van der Waals surface area contributed by atoms with E-state index in [0.717, 1.165) is 12.8 Å². The number of Topliss-reactive ketones (excluding diaryl/α,β-unsaturated/α-hetero) is 1. The fourth-order valence-corrected chi connectivity index (χ4v) is 3.54. The smallest absolute Gasteiger partial charge is 0.256 e. The van der Waals surface area contributed by atoms with Gasteiger partial charge in [-0.05, 0) is 44.0 Å². The van der Waals surface area contributed by atoms with Gasteiger partial charge in [0.1, 0.15) is 11.9 Å². The number of aromatic nitrogens is 3. The van der Waals surface area contributed by atoms with Crippen LogP contribution >= 0.6 is 0 Å². The van der Waals surface area contributed by atoms with E-state index in [4.69, 9.17) is 4.74 Å². The van der Waals surface area contributed by atoms with Crippen molar-refractivity contribution in [1.82, 2.24) is 19.9 Å². The Morgan fingerprint density at radius 1 is 1.03 bits per heavy atom. The highest BCUT2D eigenvalue weighted by Gasteiger charge is 2.27. The van der Waals surface area contributed by atoms with Crippen molar-refractivity contribution >= 4 is 11.7 Å². The van der Waals surface area contributed by atoms with Gasteiger partial charge >= 0.3 is 0 Å². The monoisotopic (exact) mass is 420 g/mol. The Bertz CT molecular complexity index is 1020. The lowest BCUT2D eigenvalue weighted by atomic mass is 10.1. The van der Waals surface area contributed by atoms with Gasteiger partial charge < -0.3 is 9.64 Å². The van der Waals surface area contributed by atoms with Crippen molar-refractivity contribution in [3.63, 3.8) is 0 Å². The van der Waals surface area contributed by atoms with Gasteiger partial charge in [0.15, 0.2) is 5.78 Å². The molecule has 2 aromatic carbocycles. The molecular formula is C24H28N4O3. The first-order chi connectivity index (χ1) is 15.1. The van der Waals surface area contributed by atoms with Crippen molar-refractivity contribution < 1.29 is 14.3 Å². The molecule has 3 aromatic rings. The summed E-state index contributed by atoms with van der Waals surface area (Å²) in [5.41, 5.74) is 1.83. The summed E-state index contributed by atoms with van der Waals surface area (Å²) in [6.45, 7) is 6.70. The third-order valence-electron chi connectivity index (χ3n) is 4.98. The minimum absolute atomic E-state index is 0.000244. The first kappa shape index (κ1) is 22.2. The van der Waals surface area contributed by atoms with Crippen LogP contribution in [-0.4, -0.2) is 50.8 Å². The number of hydrogen-bond acceptors (Lipinski definition) is 5. The molecule has 1 aromatic heterocycles. The van der Waals surface area contributed by atoms with Crippen molar-refractivity contribution in [2.45, 2.75) is 39.7 Å². The molecule has 4 rings (SSSR count). The summed E-state index contributed by atoms with van der Waals surface area (Å²) in [7, 11) is 0. The van der Waals surface area contributed by atoms with Gasteiger partial charge in [-0.15, -0.1) is 0 Å². The van der Waals surface area contributed by atoms with Crippen LogP contribution in [0.25, 0.3) is 5.69 Å². The summed E-state index contributed by atoms with van der Waals surface area (Å²) in [4.78, 5) is 28.1. The lowest BCUT2D eigenvalue weighted by molar-refractivity contribution is 0.0537. The maximum absolute atomic E-state index is 13.2. The third-order valence-corrected chi connectivity index (χ3v) is 4.98. The molecule has 162 valence electrons. The summed E-state index contributed by atoms with van der Waals surface area (Å²) in [6, 6.07) is 14.5. The zero-order valence-electron chi connectivity index (χ0n) is 18.2. The molecule has 7 heteroatoms. The van der Waals surface area contributed by atoms with E-state index in [9.17, 15) is 9.59 Å². The average molecular weight is 421 g/mol. The Hall–Kier alpha value is -3.48. The van der Waals surface area contributed by atoms with Crippen LogP contribution in [-0.2, 0) is 0 Å². The number of ketones is 1. The Morgan fingerprint density at radius 2 is 1.77 bits per heavy atom. The summed E-state index contributed by atoms with van der Waals surface area (Å²) >= 11 is 0. The Labute approximate surface area is 182 Å². The zero-order valence-corrected chi connectivity index (χ0v) is 18.2. The number of likely N-dealkylation sites (tertiary alicyclic amines) is 1. The van der Waals surface area contributed by atoms with E-state index < -0.39 is 0 Å². The summed E-state index contributed by atoms with van der Waals surface area (Å²) in [6.07, 6.45) is 4.76. The second-order valence-electron chi connectivity index (χ2n) is 7.05. The van der Waals surface area contributed by atoms with Crippen molar-refractivity contribution in [3.8, 4) is 11.4 Å². The van der Waals surface area contributed by atoms with E-state index in [0.29, 0.717) is 35.7 Å². The summed E-state index contributed by atoms with van der Waals surface area (Å²) in [5, 5.41) is 8.30. The van der Waals surface area contributed by atoms with Crippen LogP contribution in [0.5, 0.6) is 5.75 Å². The quantitative estimate of drug-likeness (QED) is 0.579. The molecule has 0 bridgehead atoms. The molecule has 0 radical (unpaired) electrons. The number of para-hydroxylation sites is 1. The Morgan fingerprint density at radius 3 is 2.52 bits per heavy atom. The molecule has 1 amide bonds. The van der Waals surface area contributed by atoms with Crippen LogP contribution in [0, 0.1) is 0 Å². The highest BCUT2D eigenvalue weighted by atomic mass is 16.5. The van der Waals surface area contributed by atoms with E-state index >= 15 is 0 Å². The first-order valence-electron chi connectivity index (χ1n) is 10.6. The van der Waals surface area contributed by atoms with Gasteiger partial charge in [0.05, 0.1) is 30.2 Å². The van der Waals surface area contributed by atoms with Crippen molar-refractivity contribution in [1.29, 1.82) is 0 Å². The van der Waals surface area contributed by atoms with Gasteiger partial charge in [-0.1, -0.05) is 38.1 Å². The maximum atomic E-state index is 13.2. The van der Waals surface area contributed by atoms with Crippen LogP contribution in [0.2, 0.25) is 0 Å². The van der Waals surface area contributed by atoms with E-state index in [2.05, 4.69) is 10.2 Å². The van der Waals surface area contributed by atoms with Crippen LogP contribution < -0.4 is 4.74 Å². The molecule has 1 fully saturated rings. The maximum Gasteiger partial charge on any atom is 0.256 e. The van der Waals surface area contributed by atoms with Gasteiger partial charge in [0.25, 0.3) is 5.91 Å². The molecule has 0 aliphatic carbocycles. The third kappa shape index (κ3) is 5.36. The van der Waals surface area contributed by atoms with E-state index in [1.54, 1.807) is 30.6 Å². The molecular weight excluding hydrogens is 392 g/mol. The highest BCUT2D eigenvalue weighted by molar-refractivity contribution is 5.97. The van der Waals surface area contributed by atoms with Crippen molar-refractivity contribution in [2.75, 3.05) is 13.1 Å². The van der Waals surface area contributed by atoms with Gasteiger partial charge in [-0.3, -0.25) is 9.59 Å². The largest absolute Gasteiger partial charge is 0.489 e. The number of ether oxygens (including phenoxy) is 1. The molecule has 7 nitrogen and oxygen atoms in total. The molecule has 0 spiro atoms. The normalized spacial score (nSPS) is 15.6. The molecule has 1 aliphatic heterocycles. The lowest BCUT2D eigenvalue weighted by Crippen LogP contribution is -2.44. The second kappa shape index (κ2) is 10.5. The van der Waals surface area contributed by atoms with Gasteiger partial charge in [0.2, 0.25) is 0 Å². The standard InChI is InChI=1S/C22H22N4O3.C2H6/c1-16(27)17-6-4-7-18(14-17)29-19-8-5-13-25(15-19)22(28)20-9-2-3-10-21(20)26-23-11-12-24-26;1-2/h2-4,6-7,9-12,14,19H,5,8,13,15H2,1H3;1-2H3. The zero-order chi connectivity index (χ0) is 22.2. The Kier molecular flexibility index (Phi) is 7.54. The number of rotatable bonds is 5. The fraction of sp³-hybridized carbons (Fsp3) is 0.333. The van der Waals surface area contributed by atoms with Crippen LogP contribution in [0.4, 0.5) is 0 Å². The van der Waals surface area contributed by atoms with Crippen molar-refractivity contribution in [3.05, 3.63) is 72.1 Å². The number of piperidine rings is 1. The molecule has 1 atom stereocenters. The first-order valence-corrected chi connectivity index (χ1v) is 10.6. The molecule has 0 saturated carbocycles. The minimum atomic E-state index is -0.120. The molecule has 1 unspecified atom stereocenters. The number of amides is 1. The van der Waals surface area contributed by atoms with Gasteiger partial charge in [-0.25, -0.2) is 0 Å². The number of nitrogens with zero attached hydrogens (tertiary/aromatic N) is 4.